The Morgan fingerprint density at radius 2 is 1.59 bits per heavy atom. The minimum Gasteiger partial charge on any atom is -0.300 e. The van der Waals surface area contributed by atoms with Gasteiger partial charge >= 0.3 is 0 Å². The van der Waals surface area contributed by atoms with Crippen LogP contribution in [0, 0.1) is 5.92 Å². The van der Waals surface area contributed by atoms with Crippen molar-refractivity contribution in [1.82, 2.24) is 0 Å². The van der Waals surface area contributed by atoms with Crippen molar-refractivity contribution in [3.05, 3.63) is 83.9 Å². The lowest BCUT2D eigenvalue weighted by molar-refractivity contribution is -0.120. The van der Waals surface area contributed by atoms with Crippen molar-refractivity contribution in [3.63, 3.8) is 0 Å². The van der Waals surface area contributed by atoms with E-state index in [0.29, 0.717) is 0 Å². The van der Waals surface area contributed by atoms with Gasteiger partial charge in [-0.3, -0.25) is 4.79 Å². The van der Waals surface area contributed by atoms with Crippen LogP contribution >= 0.6 is 24.2 Å². The summed E-state index contributed by atoms with van der Waals surface area (Å²) in [4.78, 5) is 10.5. The van der Waals surface area contributed by atoms with Crippen LogP contribution in [0.3, 0.4) is 0 Å². The molecule has 3 heteroatoms. The van der Waals surface area contributed by atoms with Gasteiger partial charge in [-0.1, -0.05) is 67.8 Å². The van der Waals surface area contributed by atoms with Gasteiger partial charge in [-0.2, -0.15) is 12.6 Å². The summed E-state index contributed by atoms with van der Waals surface area (Å²) >= 11 is 9.99. The Hall–Kier alpha value is -1.77. The Bertz CT molecular complexity index is 810. The highest BCUT2D eigenvalue weighted by Gasteiger charge is 2.06. The first-order valence-corrected chi connectivity index (χ1v) is 12.4. The molecule has 0 spiro atoms. The molecule has 0 saturated carbocycles. The van der Waals surface area contributed by atoms with Crippen LogP contribution in [0.5, 0.6) is 0 Å². The number of hydrogen-bond donors (Lipinski definition) is 1. The second kappa shape index (κ2) is 17.7. The van der Waals surface area contributed by atoms with Gasteiger partial charge in [-0.25, -0.2) is 0 Å². The van der Waals surface area contributed by atoms with Crippen LogP contribution < -0.4 is 0 Å². The van der Waals surface area contributed by atoms with Crippen LogP contribution in [0.25, 0.3) is 11.1 Å². The molecule has 0 aliphatic carbocycles. The van der Waals surface area contributed by atoms with E-state index in [9.17, 15) is 4.79 Å². The summed E-state index contributed by atoms with van der Waals surface area (Å²) in [6, 6.07) is 15.0. The Morgan fingerprint density at radius 1 is 1.00 bits per heavy atom. The maximum Gasteiger partial charge on any atom is 0.132 e. The van der Waals surface area contributed by atoms with Crippen molar-refractivity contribution >= 4 is 30.0 Å². The number of aryl methyl sites for hydroxylation is 2. The van der Waals surface area contributed by atoms with E-state index in [1.54, 1.807) is 6.92 Å². The van der Waals surface area contributed by atoms with Gasteiger partial charge in [-0.05, 0) is 86.1 Å². The second-order valence-corrected chi connectivity index (χ2v) is 8.96. The second-order valence-electron chi connectivity index (χ2n) is 8.08. The number of Topliss-reactive ketones (excluding diaryl/α,β-unsaturated/α-hetero) is 1. The Morgan fingerprint density at radius 3 is 2.06 bits per heavy atom. The van der Waals surface area contributed by atoms with Crippen LogP contribution in [0.2, 0.25) is 5.02 Å². The average molecular weight is 473 g/mol. The zero-order valence-electron chi connectivity index (χ0n) is 20.4. The predicted octanol–water partition coefficient (Wildman–Crippen LogP) is 9.19. The van der Waals surface area contributed by atoms with Gasteiger partial charge in [0.1, 0.15) is 5.78 Å². The quantitative estimate of drug-likeness (QED) is 0.269. The molecule has 0 aliphatic rings. The summed E-state index contributed by atoms with van der Waals surface area (Å²) in [5.41, 5.74) is 6.69. The van der Waals surface area contributed by atoms with Crippen LogP contribution in [0.15, 0.2) is 67.8 Å². The molecule has 1 atom stereocenters. The summed E-state index contributed by atoms with van der Waals surface area (Å²) in [6.07, 6.45) is 6.69. The van der Waals surface area contributed by atoms with Gasteiger partial charge < -0.3 is 0 Å². The molecule has 2 aromatic rings. The van der Waals surface area contributed by atoms with Crippen molar-refractivity contribution in [1.29, 1.82) is 0 Å². The third-order valence-corrected chi connectivity index (χ3v) is 5.77. The average Bonchev–Trinajstić information content (AvgIpc) is 2.79. The Labute approximate surface area is 207 Å². The topological polar surface area (TPSA) is 17.1 Å². The number of allylic oxidation sites excluding steroid dienone is 1. The van der Waals surface area contributed by atoms with Crippen molar-refractivity contribution in [2.24, 2.45) is 5.92 Å². The van der Waals surface area contributed by atoms with Crippen LogP contribution in [0.1, 0.15) is 64.5 Å². The van der Waals surface area contributed by atoms with Crippen molar-refractivity contribution in [3.8, 4) is 11.1 Å². The third-order valence-electron chi connectivity index (χ3n) is 5.26. The highest BCUT2D eigenvalue weighted by atomic mass is 35.5. The minimum absolute atomic E-state index is 0.201. The summed E-state index contributed by atoms with van der Waals surface area (Å²) in [5, 5.41) is 0.783. The van der Waals surface area contributed by atoms with E-state index in [0.717, 1.165) is 30.0 Å². The molecular formula is C29H41ClOS. The predicted molar refractivity (Wildman–Crippen MR) is 148 cm³/mol. The number of hydrogen-bond acceptors (Lipinski definition) is 2. The lowest BCUT2D eigenvalue weighted by Gasteiger charge is -2.12. The van der Waals surface area contributed by atoms with E-state index in [2.05, 4.69) is 76.5 Å². The fourth-order valence-corrected chi connectivity index (χ4v) is 3.55. The molecule has 0 aromatic heterocycles. The standard InChI is InChI=1S/C21H25Cl.C6H12OS.C2H4/c1-4-5-6-17-9-10-20(15-19(17)8-7-16(2)3)18-11-13-21(22)14-12-18;1-5(3-4-8)6(2)7;1-2/h9-15H,2,4-8H2,1,3H3;5,8H,3-4H2,1-2H3;1-2H2. The summed E-state index contributed by atoms with van der Waals surface area (Å²) in [6.45, 7) is 17.9. The number of rotatable bonds is 10. The Kier molecular flexibility index (Phi) is 16.8. The van der Waals surface area contributed by atoms with Crippen molar-refractivity contribution < 1.29 is 4.79 Å². The first-order valence-electron chi connectivity index (χ1n) is 11.4. The Balaban J connectivity index is 0.000000814. The molecule has 2 aromatic carbocycles. The van der Waals surface area contributed by atoms with Crippen molar-refractivity contribution in [2.45, 2.75) is 66.2 Å². The minimum atomic E-state index is 0.201. The third kappa shape index (κ3) is 12.3. The lowest BCUT2D eigenvalue weighted by atomic mass is 9.93. The molecule has 0 aliphatic heterocycles. The number of ketones is 1. The largest absolute Gasteiger partial charge is 0.300 e. The fourth-order valence-electron chi connectivity index (χ4n) is 3.04. The van der Waals surface area contributed by atoms with Crippen molar-refractivity contribution in [2.75, 3.05) is 5.75 Å². The molecule has 0 heterocycles. The summed E-state index contributed by atoms with van der Waals surface area (Å²) < 4.78 is 0. The summed E-state index contributed by atoms with van der Waals surface area (Å²) in [5.74, 6) is 1.27. The molecule has 2 rings (SSSR count). The van der Waals surface area contributed by atoms with Gasteiger partial charge in [0.25, 0.3) is 0 Å². The van der Waals surface area contributed by atoms with Gasteiger partial charge in [0.15, 0.2) is 0 Å². The highest BCUT2D eigenvalue weighted by molar-refractivity contribution is 7.80. The van der Waals surface area contributed by atoms with Crippen LogP contribution in [-0.4, -0.2) is 11.5 Å². The molecule has 0 saturated heterocycles. The zero-order valence-corrected chi connectivity index (χ0v) is 22.1. The number of unbranched alkanes of at least 4 members (excludes halogenated alkanes) is 1. The van der Waals surface area contributed by atoms with Gasteiger partial charge in [0.05, 0.1) is 0 Å². The van der Waals surface area contributed by atoms with E-state index < -0.39 is 0 Å². The SMILES string of the molecule is C=C.C=C(C)CCc1cc(-c2ccc(Cl)cc2)ccc1CCCC.CC(=O)C(C)CCS. The number of halogens is 1. The molecule has 1 unspecified atom stereocenters. The fraction of sp³-hybridized carbons (Fsp3) is 0.414. The molecule has 32 heavy (non-hydrogen) atoms. The molecule has 176 valence electrons. The normalized spacial score (nSPS) is 10.8. The smallest absolute Gasteiger partial charge is 0.132 e. The lowest BCUT2D eigenvalue weighted by Crippen LogP contribution is -2.05. The molecule has 0 radical (unpaired) electrons. The zero-order chi connectivity index (χ0) is 24.5. The first-order chi connectivity index (χ1) is 15.3. The first kappa shape index (κ1) is 30.2. The monoisotopic (exact) mass is 472 g/mol. The van der Waals surface area contributed by atoms with Gasteiger partial charge in [0.2, 0.25) is 0 Å². The van der Waals surface area contributed by atoms with E-state index >= 15 is 0 Å². The number of carbonyl (C=O) groups is 1. The number of carbonyl (C=O) groups excluding carboxylic acids is 1. The van der Waals surface area contributed by atoms with E-state index in [1.807, 2.05) is 19.1 Å². The maximum absolute atomic E-state index is 10.5. The van der Waals surface area contributed by atoms with E-state index in [4.69, 9.17) is 11.6 Å². The van der Waals surface area contributed by atoms with E-state index in [1.165, 1.54) is 47.1 Å². The van der Waals surface area contributed by atoms with Gasteiger partial charge in [0, 0.05) is 10.9 Å². The highest BCUT2D eigenvalue weighted by Crippen LogP contribution is 2.26. The maximum atomic E-state index is 10.5. The van der Waals surface area contributed by atoms with Crippen LogP contribution in [-0.2, 0) is 17.6 Å². The van der Waals surface area contributed by atoms with Crippen LogP contribution in [0.4, 0.5) is 0 Å². The van der Waals surface area contributed by atoms with E-state index in [-0.39, 0.29) is 11.7 Å². The molecular weight excluding hydrogens is 432 g/mol. The molecule has 0 fully saturated rings. The number of thiol groups is 1. The summed E-state index contributed by atoms with van der Waals surface area (Å²) in [7, 11) is 0. The molecule has 1 nitrogen and oxygen atoms in total. The molecule has 0 bridgehead atoms. The number of benzene rings is 2. The molecule has 0 N–H and O–H groups in total. The molecule has 0 amide bonds. The van der Waals surface area contributed by atoms with Gasteiger partial charge in [-0.15, -0.1) is 19.7 Å².